The number of aliphatic imine (C=N–C) groups is 2. The van der Waals surface area contributed by atoms with Crippen molar-refractivity contribution >= 4 is 11.7 Å². The van der Waals surface area contributed by atoms with Crippen LogP contribution in [0.1, 0.15) is 17.5 Å². The van der Waals surface area contributed by atoms with E-state index in [2.05, 4.69) is 9.98 Å². The van der Waals surface area contributed by atoms with E-state index in [-0.39, 0.29) is 0 Å². The minimum atomic E-state index is 0.440. The fourth-order valence-corrected chi connectivity index (χ4v) is 2.57. The minimum Gasteiger partial charge on any atom is -0.493 e. The lowest BCUT2D eigenvalue weighted by Crippen LogP contribution is -2.13. The molecule has 2 rings (SSSR count). The molecule has 8 heteroatoms. The number of hydrogen-bond acceptors (Lipinski definition) is 6. The summed E-state index contributed by atoms with van der Waals surface area (Å²) in [5.41, 5.74) is 13.2. The van der Waals surface area contributed by atoms with Gasteiger partial charge in [-0.1, -0.05) is 0 Å². The normalized spacial score (nSPS) is 11.9. The molecule has 0 bridgehead atoms. The maximum absolute atomic E-state index is 5.83. The molecule has 0 saturated carbocycles. The highest BCUT2D eigenvalue weighted by atomic mass is 16.5. The van der Waals surface area contributed by atoms with E-state index in [0.717, 1.165) is 11.1 Å². The third kappa shape index (κ3) is 5.78. The van der Waals surface area contributed by atoms with Crippen LogP contribution in [-0.2, 0) is 0 Å². The smallest absolute Gasteiger partial charge is 0.161 e. The maximum Gasteiger partial charge on any atom is 0.161 e. The molecule has 29 heavy (non-hydrogen) atoms. The fourth-order valence-electron chi connectivity index (χ4n) is 2.57. The fraction of sp³-hybridized carbons (Fsp3) is 0.333. The zero-order valence-corrected chi connectivity index (χ0v) is 17.3. The molecule has 0 aliphatic heterocycles. The van der Waals surface area contributed by atoms with Crippen molar-refractivity contribution in [3.63, 3.8) is 0 Å². The molecule has 0 atom stereocenters. The number of nitrogens with zero attached hydrogens (tertiary/aromatic N) is 2. The Kier molecular flexibility index (Phi) is 8.14. The summed E-state index contributed by atoms with van der Waals surface area (Å²) < 4.78 is 22.4. The predicted molar refractivity (Wildman–Crippen MR) is 115 cm³/mol. The summed E-state index contributed by atoms with van der Waals surface area (Å²) in [6, 6.07) is 10.9. The van der Waals surface area contributed by atoms with Gasteiger partial charge < -0.3 is 30.4 Å². The third-order valence-corrected chi connectivity index (χ3v) is 4.20. The van der Waals surface area contributed by atoms with Gasteiger partial charge in [-0.25, -0.2) is 0 Å². The molecule has 0 amide bonds. The quantitative estimate of drug-likeness (QED) is 0.359. The Morgan fingerprint density at radius 2 is 1.14 bits per heavy atom. The molecule has 2 aromatic rings. The van der Waals surface area contributed by atoms with Gasteiger partial charge in [0.15, 0.2) is 23.0 Å². The molecule has 0 aliphatic carbocycles. The van der Waals surface area contributed by atoms with Crippen molar-refractivity contribution in [1.29, 1.82) is 0 Å². The van der Waals surface area contributed by atoms with Crippen LogP contribution in [0, 0.1) is 0 Å². The average molecular weight is 400 g/mol. The van der Waals surface area contributed by atoms with Crippen molar-refractivity contribution in [2.24, 2.45) is 21.5 Å². The van der Waals surface area contributed by atoms with Gasteiger partial charge in [-0.2, -0.15) is 0 Å². The molecule has 8 nitrogen and oxygen atoms in total. The molecule has 0 heterocycles. The number of amidine groups is 2. The number of ether oxygens (including phenoxy) is 4. The van der Waals surface area contributed by atoms with E-state index in [0.29, 0.717) is 54.3 Å². The van der Waals surface area contributed by atoms with Crippen LogP contribution in [0.3, 0.4) is 0 Å². The first-order chi connectivity index (χ1) is 14.0. The standard InChI is InChI=1S/C21H28N4O4/c1-24-20(22)14-6-8-16(18(12-14)26-3)28-10-5-11-29-17-9-7-15(21(23)25-2)13-19(17)27-4/h6-9,12-13H,5,10-11H2,1-4H3,(H2,22,24)(H2,23,25). The Balaban J connectivity index is 1.90. The van der Waals surface area contributed by atoms with Crippen molar-refractivity contribution in [1.82, 2.24) is 0 Å². The molecule has 0 radical (unpaired) electrons. The molecular weight excluding hydrogens is 372 g/mol. The first kappa shape index (κ1) is 21.9. The van der Waals surface area contributed by atoms with Gasteiger partial charge in [0, 0.05) is 31.6 Å². The lowest BCUT2D eigenvalue weighted by atomic mass is 10.2. The number of nitrogens with two attached hydrogens (primary N) is 2. The summed E-state index contributed by atoms with van der Waals surface area (Å²) in [6.45, 7) is 0.922. The summed E-state index contributed by atoms with van der Waals surface area (Å²) >= 11 is 0. The Labute approximate surface area is 171 Å². The first-order valence-corrected chi connectivity index (χ1v) is 9.11. The molecule has 2 aromatic carbocycles. The zero-order chi connectivity index (χ0) is 21.2. The highest BCUT2D eigenvalue weighted by molar-refractivity contribution is 5.98. The second-order valence-corrected chi connectivity index (χ2v) is 6.00. The van der Waals surface area contributed by atoms with Gasteiger partial charge in [-0.15, -0.1) is 0 Å². The molecule has 156 valence electrons. The lowest BCUT2D eigenvalue weighted by molar-refractivity contribution is 0.234. The topological polar surface area (TPSA) is 114 Å². The summed E-state index contributed by atoms with van der Waals surface area (Å²) in [5, 5.41) is 0. The Hall–Kier alpha value is -3.42. The Bertz CT molecular complexity index is 809. The molecular formula is C21H28N4O4. The predicted octanol–water partition coefficient (Wildman–Crippen LogP) is 2.22. The first-order valence-electron chi connectivity index (χ1n) is 9.11. The van der Waals surface area contributed by atoms with Crippen LogP contribution in [0.25, 0.3) is 0 Å². The van der Waals surface area contributed by atoms with Crippen molar-refractivity contribution in [2.45, 2.75) is 6.42 Å². The van der Waals surface area contributed by atoms with Crippen LogP contribution in [-0.4, -0.2) is 53.2 Å². The van der Waals surface area contributed by atoms with Crippen molar-refractivity contribution in [3.05, 3.63) is 47.5 Å². The van der Waals surface area contributed by atoms with Crippen LogP contribution in [0.2, 0.25) is 0 Å². The van der Waals surface area contributed by atoms with Gasteiger partial charge in [0.05, 0.1) is 27.4 Å². The van der Waals surface area contributed by atoms with Gasteiger partial charge in [0.2, 0.25) is 0 Å². The van der Waals surface area contributed by atoms with Gasteiger partial charge in [-0.05, 0) is 36.4 Å². The van der Waals surface area contributed by atoms with E-state index in [1.807, 2.05) is 24.3 Å². The summed E-state index contributed by atoms with van der Waals surface area (Å²) in [4.78, 5) is 7.94. The van der Waals surface area contributed by atoms with E-state index in [4.69, 9.17) is 30.4 Å². The van der Waals surface area contributed by atoms with Gasteiger partial charge >= 0.3 is 0 Å². The number of methoxy groups -OCH3 is 2. The SMILES string of the molecule is CN=C(N)c1ccc(OCCCOc2ccc(C(N)=NC)cc2OC)c(OC)c1. The zero-order valence-electron chi connectivity index (χ0n) is 17.3. The largest absolute Gasteiger partial charge is 0.493 e. The van der Waals surface area contributed by atoms with Crippen molar-refractivity contribution in [2.75, 3.05) is 41.5 Å². The molecule has 4 N–H and O–H groups in total. The van der Waals surface area contributed by atoms with Crippen molar-refractivity contribution < 1.29 is 18.9 Å². The third-order valence-electron chi connectivity index (χ3n) is 4.20. The van der Waals surface area contributed by atoms with E-state index in [9.17, 15) is 0 Å². The van der Waals surface area contributed by atoms with Crippen LogP contribution >= 0.6 is 0 Å². The van der Waals surface area contributed by atoms with Crippen LogP contribution in [0.5, 0.6) is 23.0 Å². The molecule has 0 spiro atoms. The summed E-state index contributed by atoms with van der Waals surface area (Å²) in [6.07, 6.45) is 0.674. The van der Waals surface area contributed by atoms with E-state index in [1.165, 1.54) is 0 Å². The molecule has 0 aromatic heterocycles. The summed E-state index contributed by atoms with van der Waals surface area (Å²) in [7, 11) is 6.45. The Morgan fingerprint density at radius 1 is 0.724 bits per heavy atom. The van der Waals surface area contributed by atoms with E-state index in [1.54, 1.807) is 40.4 Å². The number of benzene rings is 2. The molecule has 0 fully saturated rings. The van der Waals surface area contributed by atoms with Crippen LogP contribution < -0.4 is 30.4 Å². The van der Waals surface area contributed by atoms with Gasteiger partial charge in [0.1, 0.15) is 11.7 Å². The van der Waals surface area contributed by atoms with E-state index >= 15 is 0 Å². The summed E-state index contributed by atoms with van der Waals surface area (Å²) in [5.74, 6) is 3.35. The Morgan fingerprint density at radius 3 is 1.48 bits per heavy atom. The van der Waals surface area contributed by atoms with Crippen LogP contribution in [0.4, 0.5) is 0 Å². The molecule has 0 unspecified atom stereocenters. The number of rotatable bonds is 10. The van der Waals surface area contributed by atoms with Gasteiger partial charge in [-0.3, -0.25) is 9.98 Å². The highest BCUT2D eigenvalue weighted by Crippen LogP contribution is 2.29. The van der Waals surface area contributed by atoms with Crippen molar-refractivity contribution in [3.8, 4) is 23.0 Å². The molecule has 0 saturated heterocycles. The molecule has 0 aliphatic rings. The highest BCUT2D eigenvalue weighted by Gasteiger charge is 2.09. The van der Waals surface area contributed by atoms with Crippen LogP contribution in [0.15, 0.2) is 46.4 Å². The minimum absolute atomic E-state index is 0.440. The second-order valence-electron chi connectivity index (χ2n) is 6.00. The maximum atomic E-state index is 5.83. The van der Waals surface area contributed by atoms with Gasteiger partial charge in [0.25, 0.3) is 0 Å². The second kappa shape index (κ2) is 10.8. The monoisotopic (exact) mass is 400 g/mol. The number of hydrogen-bond donors (Lipinski definition) is 2. The average Bonchev–Trinajstić information content (AvgIpc) is 2.77. The van der Waals surface area contributed by atoms with E-state index < -0.39 is 0 Å². The lowest BCUT2D eigenvalue weighted by Gasteiger charge is -2.14.